The molecule has 0 radical (unpaired) electrons. The van der Waals surface area contributed by atoms with E-state index in [0.29, 0.717) is 0 Å². The van der Waals surface area contributed by atoms with Crippen LogP contribution in [0, 0.1) is 5.92 Å². The molecule has 0 aromatic rings. The highest BCUT2D eigenvalue weighted by Gasteiger charge is 2.15. The van der Waals surface area contributed by atoms with Crippen molar-refractivity contribution in [3.63, 3.8) is 0 Å². The minimum Gasteiger partial charge on any atom is -0.382 e. The van der Waals surface area contributed by atoms with Gasteiger partial charge in [0.05, 0.1) is 0 Å². The van der Waals surface area contributed by atoms with Crippen molar-refractivity contribution in [3.8, 4) is 0 Å². The molecular weight excluding hydrogens is 186 g/mol. The lowest BCUT2D eigenvalue weighted by Gasteiger charge is -2.19. The third-order valence-electron chi connectivity index (χ3n) is 3.50. The van der Waals surface area contributed by atoms with Crippen LogP contribution in [0.4, 0.5) is 0 Å². The number of rotatable bonds is 8. The Hall–Kier alpha value is -0.0800. The zero-order valence-electron chi connectivity index (χ0n) is 10.4. The molecule has 15 heavy (non-hydrogen) atoms. The van der Waals surface area contributed by atoms with Crippen molar-refractivity contribution in [2.24, 2.45) is 5.92 Å². The fourth-order valence-corrected chi connectivity index (χ4v) is 2.31. The summed E-state index contributed by atoms with van der Waals surface area (Å²) in [6.07, 6.45) is 8.11. The first-order valence-corrected chi connectivity index (χ1v) is 6.68. The van der Waals surface area contributed by atoms with Gasteiger partial charge in [-0.05, 0) is 38.6 Å². The molecule has 0 amide bonds. The summed E-state index contributed by atoms with van der Waals surface area (Å²) in [6.45, 7) is 7.33. The third kappa shape index (κ3) is 5.53. The van der Waals surface area contributed by atoms with Crippen LogP contribution in [0.3, 0.4) is 0 Å². The minimum absolute atomic E-state index is 0.803. The van der Waals surface area contributed by atoms with Crippen LogP contribution < -0.4 is 5.32 Å². The minimum atomic E-state index is 0.803. The van der Waals surface area contributed by atoms with Crippen LogP contribution in [0.1, 0.15) is 52.4 Å². The summed E-state index contributed by atoms with van der Waals surface area (Å²) >= 11 is 0. The molecule has 0 aliphatic heterocycles. The Bertz CT molecular complexity index is 143. The van der Waals surface area contributed by atoms with Gasteiger partial charge in [0, 0.05) is 19.3 Å². The lowest BCUT2D eigenvalue weighted by atomic mass is 10.0. The Labute approximate surface area is 94.8 Å². The smallest absolute Gasteiger partial charge is 0.0469 e. The lowest BCUT2D eigenvalue weighted by Crippen LogP contribution is -2.31. The van der Waals surface area contributed by atoms with Gasteiger partial charge in [-0.2, -0.15) is 0 Å². The summed E-state index contributed by atoms with van der Waals surface area (Å²) in [7, 11) is 0. The van der Waals surface area contributed by atoms with E-state index in [1.54, 1.807) is 0 Å². The van der Waals surface area contributed by atoms with E-state index in [1.807, 2.05) is 0 Å². The van der Waals surface area contributed by atoms with Crippen molar-refractivity contribution in [1.82, 2.24) is 5.32 Å². The van der Waals surface area contributed by atoms with Crippen LogP contribution in [0.5, 0.6) is 0 Å². The average Bonchev–Trinajstić information content (AvgIpc) is 2.76. The molecule has 0 aromatic carbocycles. The van der Waals surface area contributed by atoms with Gasteiger partial charge in [-0.3, -0.25) is 0 Å². The molecule has 0 aromatic heterocycles. The van der Waals surface area contributed by atoms with Gasteiger partial charge in [-0.25, -0.2) is 0 Å². The molecule has 2 nitrogen and oxygen atoms in total. The van der Waals surface area contributed by atoms with Gasteiger partial charge in [0.1, 0.15) is 0 Å². The average molecular weight is 213 g/mol. The SMILES string of the molecule is CCOCCC(CC)CNC1CCCC1. The topological polar surface area (TPSA) is 21.3 Å². The molecule has 1 atom stereocenters. The molecule has 1 fully saturated rings. The summed E-state index contributed by atoms with van der Waals surface area (Å²) in [4.78, 5) is 0. The molecule has 1 aliphatic rings. The third-order valence-corrected chi connectivity index (χ3v) is 3.50. The first kappa shape index (κ1) is 13.0. The van der Waals surface area contributed by atoms with Gasteiger partial charge < -0.3 is 10.1 Å². The van der Waals surface area contributed by atoms with Crippen molar-refractivity contribution >= 4 is 0 Å². The zero-order chi connectivity index (χ0) is 10.9. The highest BCUT2D eigenvalue weighted by Crippen LogP contribution is 2.18. The molecule has 0 spiro atoms. The summed E-state index contributed by atoms with van der Waals surface area (Å²) in [5.74, 6) is 0.803. The van der Waals surface area contributed by atoms with Crippen LogP contribution in [0.25, 0.3) is 0 Å². The summed E-state index contributed by atoms with van der Waals surface area (Å²) in [5.41, 5.74) is 0. The summed E-state index contributed by atoms with van der Waals surface area (Å²) < 4.78 is 5.41. The molecule has 1 unspecified atom stereocenters. The number of hydrogen-bond acceptors (Lipinski definition) is 2. The van der Waals surface area contributed by atoms with E-state index < -0.39 is 0 Å². The Morgan fingerprint density at radius 2 is 2.00 bits per heavy atom. The van der Waals surface area contributed by atoms with E-state index in [4.69, 9.17) is 4.74 Å². The number of nitrogens with one attached hydrogen (secondary N) is 1. The predicted octanol–water partition coefficient (Wildman–Crippen LogP) is 2.97. The van der Waals surface area contributed by atoms with Crippen LogP contribution >= 0.6 is 0 Å². The van der Waals surface area contributed by atoms with E-state index >= 15 is 0 Å². The highest BCUT2D eigenvalue weighted by atomic mass is 16.5. The zero-order valence-corrected chi connectivity index (χ0v) is 10.4. The molecule has 1 aliphatic carbocycles. The first-order chi connectivity index (χ1) is 7.36. The normalized spacial score (nSPS) is 19.6. The summed E-state index contributed by atoms with van der Waals surface area (Å²) in [6, 6.07) is 0.811. The standard InChI is InChI=1S/C13H27NO/c1-3-12(9-10-15-4-2)11-14-13-7-5-6-8-13/h12-14H,3-11H2,1-2H3. The van der Waals surface area contributed by atoms with Crippen molar-refractivity contribution in [2.45, 2.75) is 58.4 Å². The Morgan fingerprint density at radius 1 is 1.27 bits per heavy atom. The van der Waals surface area contributed by atoms with Crippen LogP contribution in [-0.4, -0.2) is 25.8 Å². The van der Waals surface area contributed by atoms with E-state index in [0.717, 1.165) is 25.2 Å². The maximum atomic E-state index is 5.41. The Kier molecular flexibility index (Phi) is 7.03. The molecule has 0 heterocycles. The van der Waals surface area contributed by atoms with Crippen molar-refractivity contribution in [2.75, 3.05) is 19.8 Å². The van der Waals surface area contributed by atoms with E-state index in [-0.39, 0.29) is 0 Å². The van der Waals surface area contributed by atoms with E-state index in [2.05, 4.69) is 19.2 Å². The van der Waals surface area contributed by atoms with Crippen LogP contribution in [0.2, 0.25) is 0 Å². The molecule has 1 saturated carbocycles. The van der Waals surface area contributed by atoms with Gasteiger partial charge in [-0.15, -0.1) is 0 Å². The quantitative estimate of drug-likeness (QED) is 0.626. The first-order valence-electron chi connectivity index (χ1n) is 6.68. The molecule has 90 valence electrons. The van der Waals surface area contributed by atoms with Gasteiger partial charge >= 0.3 is 0 Å². The molecule has 2 heteroatoms. The predicted molar refractivity (Wildman–Crippen MR) is 65.1 cm³/mol. The van der Waals surface area contributed by atoms with Gasteiger partial charge in [0.2, 0.25) is 0 Å². The molecule has 1 rings (SSSR count). The van der Waals surface area contributed by atoms with Crippen LogP contribution in [0.15, 0.2) is 0 Å². The van der Waals surface area contributed by atoms with Gasteiger partial charge in [-0.1, -0.05) is 26.2 Å². The second-order valence-corrected chi connectivity index (χ2v) is 4.65. The lowest BCUT2D eigenvalue weighted by molar-refractivity contribution is 0.130. The van der Waals surface area contributed by atoms with Crippen molar-refractivity contribution in [1.29, 1.82) is 0 Å². The van der Waals surface area contributed by atoms with Gasteiger partial charge in [0.15, 0.2) is 0 Å². The van der Waals surface area contributed by atoms with Crippen molar-refractivity contribution < 1.29 is 4.74 Å². The fraction of sp³-hybridized carbons (Fsp3) is 1.00. The number of ether oxygens (including phenoxy) is 1. The Balaban J connectivity index is 2.04. The van der Waals surface area contributed by atoms with Gasteiger partial charge in [0.25, 0.3) is 0 Å². The molecule has 0 bridgehead atoms. The molecular formula is C13H27NO. The largest absolute Gasteiger partial charge is 0.382 e. The molecule has 1 N–H and O–H groups in total. The second-order valence-electron chi connectivity index (χ2n) is 4.65. The second kappa shape index (κ2) is 8.12. The van der Waals surface area contributed by atoms with E-state index in [1.165, 1.54) is 45.1 Å². The highest BCUT2D eigenvalue weighted by molar-refractivity contribution is 4.74. The fourth-order valence-electron chi connectivity index (χ4n) is 2.31. The summed E-state index contributed by atoms with van der Waals surface area (Å²) in [5, 5.41) is 3.70. The maximum Gasteiger partial charge on any atom is 0.0469 e. The van der Waals surface area contributed by atoms with E-state index in [9.17, 15) is 0 Å². The maximum absolute atomic E-state index is 5.41. The molecule has 0 saturated heterocycles. The van der Waals surface area contributed by atoms with Crippen LogP contribution in [-0.2, 0) is 4.74 Å². The monoisotopic (exact) mass is 213 g/mol. The Morgan fingerprint density at radius 3 is 2.60 bits per heavy atom. The van der Waals surface area contributed by atoms with Crippen molar-refractivity contribution in [3.05, 3.63) is 0 Å². The number of hydrogen-bond donors (Lipinski definition) is 1.